The van der Waals surface area contributed by atoms with Crippen LogP contribution in [0.25, 0.3) is 0 Å². The highest BCUT2D eigenvalue weighted by Crippen LogP contribution is 2.36. The summed E-state index contributed by atoms with van der Waals surface area (Å²) in [6.07, 6.45) is -4.67. The lowest BCUT2D eigenvalue weighted by molar-refractivity contribution is -0.388. The quantitative estimate of drug-likeness (QED) is 0.424. The fourth-order valence-corrected chi connectivity index (χ4v) is 3.65. The molecule has 1 amide bonds. The molecule has 0 fully saturated rings. The van der Waals surface area contributed by atoms with E-state index in [1.165, 1.54) is 11.3 Å². The molecule has 0 spiro atoms. The van der Waals surface area contributed by atoms with Crippen molar-refractivity contribution in [1.82, 2.24) is 5.32 Å². The number of nitrogens with zero attached hydrogens (tertiary/aromatic N) is 1. The number of thioether (sulfide) groups is 1. The van der Waals surface area contributed by atoms with Gasteiger partial charge < -0.3 is 5.32 Å². The summed E-state index contributed by atoms with van der Waals surface area (Å²) in [6, 6.07) is 5.65. The molecule has 0 aliphatic rings. The second kappa shape index (κ2) is 8.07. The van der Waals surface area contributed by atoms with E-state index >= 15 is 0 Å². The highest BCUT2D eigenvalue weighted by molar-refractivity contribution is 8.00. The molecule has 1 N–H and O–H groups in total. The summed E-state index contributed by atoms with van der Waals surface area (Å²) in [7, 11) is 0. The summed E-state index contributed by atoms with van der Waals surface area (Å²) >= 11 is 7.87. The van der Waals surface area contributed by atoms with Crippen LogP contribution >= 0.6 is 34.7 Å². The van der Waals surface area contributed by atoms with Gasteiger partial charge in [-0.25, -0.2) is 0 Å². The Kier molecular flexibility index (Phi) is 6.31. The van der Waals surface area contributed by atoms with Gasteiger partial charge in [-0.3, -0.25) is 14.9 Å². The maximum absolute atomic E-state index is 12.6. The summed E-state index contributed by atoms with van der Waals surface area (Å²) in [5.41, 5.74) is -1.79. The van der Waals surface area contributed by atoms with E-state index in [0.717, 1.165) is 28.8 Å². The number of benzene rings is 1. The number of amides is 1. The molecule has 1 heterocycles. The highest BCUT2D eigenvalue weighted by atomic mass is 35.5. The van der Waals surface area contributed by atoms with Gasteiger partial charge in [0.1, 0.15) is 0 Å². The molecule has 0 bridgehead atoms. The van der Waals surface area contributed by atoms with E-state index in [-0.39, 0.29) is 17.2 Å². The van der Waals surface area contributed by atoms with Crippen molar-refractivity contribution in [3.8, 4) is 0 Å². The fourth-order valence-electron chi connectivity index (χ4n) is 1.79. The zero-order chi connectivity index (χ0) is 18.6. The van der Waals surface area contributed by atoms with E-state index in [0.29, 0.717) is 10.4 Å². The van der Waals surface area contributed by atoms with E-state index in [9.17, 15) is 28.1 Å². The van der Waals surface area contributed by atoms with Gasteiger partial charge in [-0.05, 0) is 24.3 Å². The first-order chi connectivity index (χ1) is 11.7. The number of hydrogen-bond donors (Lipinski definition) is 1. The van der Waals surface area contributed by atoms with Crippen molar-refractivity contribution in [3.63, 3.8) is 0 Å². The van der Waals surface area contributed by atoms with Crippen molar-refractivity contribution in [2.75, 3.05) is 5.75 Å². The second-order valence-corrected chi connectivity index (χ2v) is 7.53. The van der Waals surface area contributed by atoms with E-state index < -0.39 is 28.3 Å². The number of thiophene rings is 1. The number of hydrogen-bond acceptors (Lipinski definition) is 5. The normalized spacial score (nSPS) is 11.4. The molecule has 0 atom stereocenters. The van der Waals surface area contributed by atoms with Crippen LogP contribution in [0.5, 0.6) is 0 Å². The molecule has 134 valence electrons. The van der Waals surface area contributed by atoms with E-state index in [1.807, 2.05) is 0 Å². The molecule has 0 unspecified atom stereocenters. The summed E-state index contributed by atoms with van der Waals surface area (Å²) in [5, 5.41) is 13.6. The van der Waals surface area contributed by atoms with Crippen LogP contribution in [0.4, 0.5) is 18.9 Å². The summed E-state index contributed by atoms with van der Waals surface area (Å²) in [4.78, 5) is 22.7. The van der Waals surface area contributed by atoms with Crippen molar-refractivity contribution in [2.24, 2.45) is 0 Å². The fraction of sp³-hybridized carbons (Fsp3) is 0.214. The van der Waals surface area contributed by atoms with Gasteiger partial charge in [0.05, 0.1) is 32.0 Å². The number of nitro groups is 1. The van der Waals surface area contributed by atoms with Crippen LogP contribution in [0.1, 0.15) is 10.4 Å². The number of nitro benzene ring substituents is 1. The highest BCUT2D eigenvalue weighted by Gasteiger charge is 2.33. The molecular weight excluding hydrogens is 401 g/mol. The first-order valence-electron chi connectivity index (χ1n) is 6.66. The Morgan fingerprint density at radius 1 is 1.32 bits per heavy atom. The van der Waals surface area contributed by atoms with E-state index in [2.05, 4.69) is 5.32 Å². The Morgan fingerprint density at radius 3 is 2.60 bits per heavy atom. The molecule has 0 aliphatic carbocycles. The number of rotatable bonds is 6. The van der Waals surface area contributed by atoms with Gasteiger partial charge in [0.25, 0.3) is 5.69 Å². The lowest BCUT2D eigenvalue weighted by atomic mass is 10.2. The molecule has 0 radical (unpaired) electrons. The number of nitrogens with one attached hydrogen (secondary N) is 1. The lowest BCUT2D eigenvalue weighted by Gasteiger charge is -2.09. The largest absolute Gasteiger partial charge is 0.416 e. The van der Waals surface area contributed by atoms with Crippen LogP contribution in [-0.4, -0.2) is 16.6 Å². The molecule has 2 aromatic rings. The van der Waals surface area contributed by atoms with Crippen molar-refractivity contribution in [1.29, 1.82) is 0 Å². The summed E-state index contributed by atoms with van der Waals surface area (Å²) in [6.45, 7) is 0.256. The average molecular weight is 411 g/mol. The number of carbonyl (C=O) groups excluding carboxylic acids is 1. The van der Waals surface area contributed by atoms with Crippen LogP contribution in [0.15, 0.2) is 35.2 Å². The minimum absolute atomic E-state index is 0.00711. The van der Waals surface area contributed by atoms with Gasteiger partial charge in [0.15, 0.2) is 0 Å². The molecule has 5 nitrogen and oxygen atoms in total. The van der Waals surface area contributed by atoms with Gasteiger partial charge >= 0.3 is 6.18 Å². The smallest absolute Gasteiger partial charge is 0.350 e. The zero-order valence-corrected chi connectivity index (χ0v) is 14.7. The first-order valence-corrected chi connectivity index (χ1v) is 8.84. The number of alkyl halides is 3. The van der Waals surface area contributed by atoms with Crippen LogP contribution in [0.2, 0.25) is 4.34 Å². The van der Waals surface area contributed by atoms with Crippen LogP contribution in [0.3, 0.4) is 0 Å². The topological polar surface area (TPSA) is 72.2 Å². The van der Waals surface area contributed by atoms with Crippen LogP contribution in [0, 0.1) is 10.1 Å². The SMILES string of the molecule is O=C(CSc1ccc(C(F)(F)F)cc1[N+](=O)[O-])NCc1ccc(Cl)s1. The third-order valence-corrected chi connectivity index (χ3v) is 5.22. The van der Waals surface area contributed by atoms with Gasteiger partial charge in [-0.15, -0.1) is 23.1 Å². The monoisotopic (exact) mass is 410 g/mol. The predicted molar refractivity (Wildman–Crippen MR) is 90.0 cm³/mol. The van der Waals surface area contributed by atoms with E-state index in [1.54, 1.807) is 12.1 Å². The first kappa shape index (κ1) is 19.5. The number of halogens is 4. The zero-order valence-electron chi connectivity index (χ0n) is 12.3. The van der Waals surface area contributed by atoms with Gasteiger partial charge in [-0.2, -0.15) is 13.2 Å². The maximum atomic E-state index is 12.6. The van der Waals surface area contributed by atoms with Crippen molar-refractivity contribution < 1.29 is 22.9 Å². The van der Waals surface area contributed by atoms with Gasteiger partial charge in [0, 0.05) is 10.9 Å². The minimum Gasteiger partial charge on any atom is -0.350 e. The summed E-state index contributed by atoms with van der Waals surface area (Å²) in [5.74, 6) is -0.561. The number of carbonyl (C=O) groups is 1. The molecule has 1 aromatic carbocycles. The second-order valence-electron chi connectivity index (χ2n) is 4.71. The summed E-state index contributed by atoms with van der Waals surface area (Å²) < 4.78 is 38.5. The molecule has 0 saturated carbocycles. The average Bonchev–Trinajstić information content (AvgIpc) is 2.95. The third-order valence-electron chi connectivity index (χ3n) is 2.93. The Labute approximate surface area is 153 Å². The Bertz CT molecular complexity index is 796. The molecule has 2 rings (SSSR count). The Balaban J connectivity index is 1.99. The Hall–Kier alpha value is -1.78. The molecule has 0 saturated heterocycles. The molecule has 0 aliphatic heterocycles. The van der Waals surface area contributed by atoms with Crippen LogP contribution in [-0.2, 0) is 17.5 Å². The molecule has 11 heteroatoms. The molecule has 1 aromatic heterocycles. The van der Waals surface area contributed by atoms with Crippen LogP contribution < -0.4 is 5.32 Å². The van der Waals surface area contributed by atoms with Gasteiger partial charge in [0.2, 0.25) is 5.91 Å². The minimum atomic E-state index is -4.67. The Morgan fingerprint density at radius 2 is 2.04 bits per heavy atom. The predicted octanol–water partition coefficient (Wildman–Crippen LogP) is 4.74. The molecule has 25 heavy (non-hydrogen) atoms. The van der Waals surface area contributed by atoms with Crippen molar-refractivity contribution in [3.05, 3.63) is 55.2 Å². The standard InChI is InChI=1S/C14H10ClF3N2O3S2/c15-12-4-2-9(25-12)6-19-13(21)7-24-11-3-1-8(14(16,17)18)5-10(11)20(22)23/h1-5H,6-7H2,(H,19,21). The molecular formula is C14H10ClF3N2O3S2. The maximum Gasteiger partial charge on any atom is 0.416 e. The van der Waals surface area contributed by atoms with Crippen molar-refractivity contribution in [2.45, 2.75) is 17.6 Å². The van der Waals surface area contributed by atoms with Gasteiger partial charge in [-0.1, -0.05) is 11.6 Å². The van der Waals surface area contributed by atoms with Crippen molar-refractivity contribution >= 4 is 46.3 Å². The lowest BCUT2D eigenvalue weighted by Crippen LogP contribution is -2.24. The third kappa shape index (κ3) is 5.62. The van der Waals surface area contributed by atoms with E-state index in [4.69, 9.17) is 11.6 Å².